The molecule has 4 aromatic rings. The van der Waals surface area contributed by atoms with Crippen molar-refractivity contribution in [2.24, 2.45) is 0 Å². The SMILES string of the molecule is CC(=O)NCc1ccc(-c2csc(NC(=O)c3cccc(OCc4cscn4)c3)n2)s1. The predicted octanol–water partition coefficient (Wildman–Crippen LogP) is 4.80. The van der Waals surface area contributed by atoms with Gasteiger partial charge in [0.2, 0.25) is 5.91 Å². The second kappa shape index (κ2) is 9.82. The van der Waals surface area contributed by atoms with Crippen LogP contribution in [0, 0.1) is 0 Å². The third-order valence-corrected chi connectivity index (χ3v) is 6.62. The Morgan fingerprint density at radius 3 is 2.87 bits per heavy atom. The fraction of sp³-hybridized carbons (Fsp3) is 0.143. The van der Waals surface area contributed by atoms with Crippen LogP contribution in [0.1, 0.15) is 27.9 Å². The Morgan fingerprint density at radius 2 is 2.06 bits per heavy atom. The first-order valence-electron chi connectivity index (χ1n) is 9.27. The lowest BCUT2D eigenvalue weighted by atomic mass is 10.2. The van der Waals surface area contributed by atoms with Crippen molar-refractivity contribution < 1.29 is 14.3 Å². The lowest BCUT2D eigenvalue weighted by Gasteiger charge is -2.06. The summed E-state index contributed by atoms with van der Waals surface area (Å²) in [5.74, 6) is 0.287. The molecular weight excluding hydrogens is 452 g/mol. The fourth-order valence-electron chi connectivity index (χ4n) is 2.63. The number of carbonyl (C=O) groups is 2. The van der Waals surface area contributed by atoms with E-state index >= 15 is 0 Å². The molecule has 0 saturated heterocycles. The van der Waals surface area contributed by atoms with E-state index in [1.807, 2.05) is 22.9 Å². The number of ether oxygens (including phenoxy) is 1. The standard InChI is InChI=1S/C21H18N4O3S3/c1-13(26)22-8-17-5-6-19(31-17)18-11-30-21(24-18)25-20(27)14-3-2-4-16(7-14)28-9-15-10-29-12-23-15/h2-7,10-12H,8-9H2,1H3,(H,22,26)(H,24,25,27). The molecule has 3 aromatic heterocycles. The topological polar surface area (TPSA) is 93.2 Å². The van der Waals surface area contributed by atoms with Gasteiger partial charge in [0.1, 0.15) is 12.4 Å². The zero-order valence-electron chi connectivity index (χ0n) is 16.5. The summed E-state index contributed by atoms with van der Waals surface area (Å²) in [4.78, 5) is 34.4. The third-order valence-electron chi connectivity index (χ3n) is 4.12. The molecule has 0 unspecified atom stereocenters. The van der Waals surface area contributed by atoms with Crippen LogP contribution in [0.5, 0.6) is 5.75 Å². The molecule has 3 heterocycles. The van der Waals surface area contributed by atoms with Crippen LogP contribution in [0.4, 0.5) is 5.13 Å². The molecule has 7 nitrogen and oxygen atoms in total. The van der Waals surface area contributed by atoms with Gasteiger partial charge in [-0.05, 0) is 30.3 Å². The van der Waals surface area contributed by atoms with Crippen molar-refractivity contribution in [2.45, 2.75) is 20.1 Å². The van der Waals surface area contributed by atoms with Crippen LogP contribution >= 0.6 is 34.0 Å². The van der Waals surface area contributed by atoms with Crippen LogP contribution < -0.4 is 15.4 Å². The summed E-state index contributed by atoms with van der Waals surface area (Å²) in [6.45, 7) is 2.34. The maximum atomic E-state index is 12.6. The Bertz CT molecular complexity index is 1180. The average Bonchev–Trinajstić information content (AvgIpc) is 3.52. The molecule has 0 aliphatic carbocycles. The van der Waals surface area contributed by atoms with E-state index in [-0.39, 0.29) is 11.8 Å². The molecule has 10 heteroatoms. The van der Waals surface area contributed by atoms with Gasteiger partial charge in [0, 0.05) is 28.1 Å². The van der Waals surface area contributed by atoms with Crippen LogP contribution in [0.15, 0.2) is 52.7 Å². The van der Waals surface area contributed by atoms with Crippen molar-refractivity contribution in [3.63, 3.8) is 0 Å². The molecule has 0 bridgehead atoms. The summed E-state index contributed by atoms with van der Waals surface area (Å²) in [5.41, 5.74) is 3.88. The van der Waals surface area contributed by atoms with E-state index in [1.54, 1.807) is 41.1 Å². The molecule has 0 aliphatic rings. The molecule has 31 heavy (non-hydrogen) atoms. The van der Waals surface area contributed by atoms with Gasteiger partial charge in [-0.3, -0.25) is 14.9 Å². The summed E-state index contributed by atoms with van der Waals surface area (Å²) in [6.07, 6.45) is 0. The molecule has 1 aromatic carbocycles. The highest BCUT2D eigenvalue weighted by atomic mass is 32.1. The molecule has 4 rings (SSSR count). The summed E-state index contributed by atoms with van der Waals surface area (Å²) in [5, 5.41) is 9.97. The minimum atomic E-state index is -0.252. The van der Waals surface area contributed by atoms with Crippen LogP contribution in [-0.2, 0) is 17.9 Å². The third kappa shape index (κ3) is 5.75. The van der Waals surface area contributed by atoms with E-state index in [2.05, 4.69) is 20.6 Å². The van der Waals surface area contributed by atoms with Crippen molar-refractivity contribution in [1.82, 2.24) is 15.3 Å². The minimum absolute atomic E-state index is 0.0637. The van der Waals surface area contributed by atoms with Gasteiger partial charge in [-0.1, -0.05) is 6.07 Å². The van der Waals surface area contributed by atoms with Gasteiger partial charge in [0.15, 0.2) is 5.13 Å². The number of anilines is 1. The Hall–Kier alpha value is -3.08. The van der Waals surface area contributed by atoms with Gasteiger partial charge >= 0.3 is 0 Å². The van der Waals surface area contributed by atoms with Crippen LogP contribution in [0.25, 0.3) is 10.6 Å². The van der Waals surface area contributed by atoms with E-state index in [1.165, 1.54) is 29.6 Å². The molecule has 0 atom stereocenters. The number of nitrogens with one attached hydrogen (secondary N) is 2. The Kier molecular flexibility index (Phi) is 6.70. The van der Waals surface area contributed by atoms with E-state index in [0.717, 1.165) is 21.1 Å². The van der Waals surface area contributed by atoms with E-state index in [0.29, 0.717) is 29.6 Å². The number of thiazole rings is 2. The van der Waals surface area contributed by atoms with Gasteiger partial charge in [0.25, 0.3) is 5.91 Å². The summed E-state index contributed by atoms with van der Waals surface area (Å²) < 4.78 is 5.72. The van der Waals surface area contributed by atoms with Crippen molar-refractivity contribution in [3.05, 3.63) is 68.8 Å². The number of hydrogen-bond donors (Lipinski definition) is 2. The lowest BCUT2D eigenvalue weighted by molar-refractivity contribution is -0.119. The Morgan fingerprint density at radius 1 is 1.16 bits per heavy atom. The quantitative estimate of drug-likeness (QED) is 0.386. The zero-order chi connectivity index (χ0) is 21.6. The molecule has 0 saturated carbocycles. The molecule has 2 amide bonds. The summed E-state index contributed by atoms with van der Waals surface area (Å²) in [7, 11) is 0. The highest BCUT2D eigenvalue weighted by molar-refractivity contribution is 7.17. The lowest BCUT2D eigenvalue weighted by Crippen LogP contribution is -2.17. The number of carbonyl (C=O) groups excluding carboxylic acids is 2. The van der Waals surface area contributed by atoms with E-state index < -0.39 is 0 Å². The van der Waals surface area contributed by atoms with Crippen molar-refractivity contribution >= 4 is 51.0 Å². The number of thiophene rings is 1. The van der Waals surface area contributed by atoms with Crippen molar-refractivity contribution in [1.29, 1.82) is 0 Å². The predicted molar refractivity (Wildman–Crippen MR) is 124 cm³/mol. The first-order chi connectivity index (χ1) is 15.1. The number of aromatic nitrogens is 2. The maximum Gasteiger partial charge on any atom is 0.257 e. The molecule has 0 spiro atoms. The number of hydrogen-bond acceptors (Lipinski definition) is 8. The first kappa shape index (κ1) is 21.2. The highest BCUT2D eigenvalue weighted by Gasteiger charge is 2.12. The highest BCUT2D eigenvalue weighted by Crippen LogP contribution is 2.31. The summed E-state index contributed by atoms with van der Waals surface area (Å²) >= 11 is 4.43. The first-order valence-corrected chi connectivity index (χ1v) is 11.9. The smallest absolute Gasteiger partial charge is 0.257 e. The van der Waals surface area contributed by atoms with Gasteiger partial charge < -0.3 is 10.1 Å². The van der Waals surface area contributed by atoms with Crippen molar-refractivity contribution in [2.75, 3.05) is 5.32 Å². The number of amides is 2. The molecule has 0 aliphatic heterocycles. The Balaban J connectivity index is 1.37. The molecular formula is C21H18N4O3S3. The molecule has 0 fully saturated rings. The van der Waals surface area contributed by atoms with Crippen LogP contribution in [0.3, 0.4) is 0 Å². The molecule has 2 N–H and O–H groups in total. The van der Waals surface area contributed by atoms with Gasteiger partial charge in [-0.15, -0.1) is 34.0 Å². The monoisotopic (exact) mass is 470 g/mol. The summed E-state index contributed by atoms with van der Waals surface area (Å²) in [6, 6.07) is 10.9. The number of rotatable bonds is 8. The van der Waals surface area contributed by atoms with E-state index in [4.69, 9.17) is 4.74 Å². The largest absolute Gasteiger partial charge is 0.487 e. The Labute approximate surface area is 190 Å². The van der Waals surface area contributed by atoms with Gasteiger partial charge in [0.05, 0.1) is 28.3 Å². The molecule has 0 radical (unpaired) electrons. The second-order valence-electron chi connectivity index (χ2n) is 6.46. The zero-order valence-corrected chi connectivity index (χ0v) is 18.9. The molecule has 158 valence electrons. The van der Waals surface area contributed by atoms with E-state index in [9.17, 15) is 9.59 Å². The van der Waals surface area contributed by atoms with Crippen LogP contribution in [0.2, 0.25) is 0 Å². The normalized spacial score (nSPS) is 10.6. The minimum Gasteiger partial charge on any atom is -0.487 e. The van der Waals surface area contributed by atoms with Gasteiger partial charge in [-0.2, -0.15) is 0 Å². The van der Waals surface area contributed by atoms with Crippen molar-refractivity contribution in [3.8, 4) is 16.3 Å². The average molecular weight is 471 g/mol. The fourth-order valence-corrected chi connectivity index (χ4v) is 4.86. The number of benzene rings is 1. The van der Waals surface area contributed by atoms with Crippen LogP contribution in [-0.4, -0.2) is 21.8 Å². The second-order valence-corrected chi connectivity index (χ2v) is 9.21. The van der Waals surface area contributed by atoms with Gasteiger partial charge in [-0.25, -0.2) is 9.97 Å². The maximum absolute atomic E-state index is 12.6. The number of nitrogens with zero attached hydrogens (tertiary/aromatic N) is 2.